The number of carboxylic acid groups (broad SMARTS) is 1. The van der Waals surface area contributed by atoms with E-state index >= 15 is 0 Å². The number of terminal acetylenes is 1. The minimum atomic E-state index is -0.991. The molecule has 94 valence electrons. The van der Waals surface area contributed by atoms with Gasteiger partial charge in [-0.2, -0.15) is 0 Å². The van der Waals surface area contributed by atoms with Gasteiger partial charge in [0, 0.05) is 17.2 Å². The molecule has 2 atom stereocenters. The average Bonchev–Trinajstić information content (AvgIpc) is 2.36. The van der Waals surface area contributed by atoms with Gasteiger partial charge in [0.25, 0.3) is 0 Å². The Morgan fingerprint density at radius 2 is 2.00 bits per heavy atom. The van der Waals surface area contributed by atoms with E-state index in [0.717, 1.165) is 0 Å². The van der Waals surface area contributed by atoms with Gasteiger partial charge < -0.3 is 10.4 Å². The first-order valence-electron chi connectivity index (χ1n) is 5.56. The molecule has 0 bridgehead atoms. The first-order chi connectivity index (χ1) is 8.45. The van der Waals surface area contributed by atoms with E-state index in [2.05, 4.69) is 11.2 Å². The Hall–Kier alpha value is -2.28. The van der Waals surface area contributed by atoms with Crippen LogP contribution in [0.15, 0.2) is 24.3 Å². The van der Waals surface area contributed by atoms with E-state index in [1.807, 2.05) is 0 Å². The quantitative estimate of drug-likeness (QED) is 0.797. The molecule has 18 heavy (non-hydrogen) atoms. The van der Waals surface area contributed by atoms with Crippen LogP contribution in [0, 0.1) is 24.2 Å². The van der Waals surface area contributed by atoms with Crippen LogP contribution in [0.25, 0.3) is 0 Å². The Morgan fingerprint density at radius 3 is 2.56 bits per heavy atom. The molecular weight excluding hydrogens is 230 g/mol. The Labute approximate surface area is 106 Å². The van der Waals surface area contributed by atoms with Crippen LogP contribution >= 0.6 is 0 Å². The number of rotatable bonds is 4. The molecule has 0 aliphatic carbocycles. The fourth-order valence-corrected chi connectivity index (χ4v) is 1.38. The molecule has 0 aliphatic rings. The van der Waals surface area contributed by atoms with Crippen LogP contribution in [0.5, 0.6) is 0 Å². The van der Waals surface area contributed by atoms with Crippen molar-refractivity contribution in [2.75, 3.05) is 5.32 Å². The zero-order chi connectivity index (χ0) is 13.7. The Morgan fingerprint density at radius 1 is 1.33 bits per heavy atom. The van der Waals surface area contributed by atoms with Crippen LogP contribution in [-0.4, -0.2) is 17.0 Å². The Bertz CT molecular complexity index is 502. The molecule has 0 aliphatic heterocycles. The number of carboxylic acids is 1. The van der Waals surface area contributed by atoms with Crippen molar-refractivity contribution in [3.63, 3.8) is 0 Å². The minimum Gasteiger partial charge on any atom is -0.481 e. The fourth-order valence-electron chi connectivity index (χ4n) is 1.38. The largest absolute Gasteiger partial charge is 0.481 e. The van der Waals surface area contributed by atoms with Gasteiger partial charge in [-0.15, -0.1) is 6.42 Å². The summed E-state index contributed by atoms with van der Waals surface area (Å²) in [5.41, 5.74) is 1.23. The number of aliphatic carboxylic acids is 1. The zero-order valence-electron chi connectivity index (χ0n) is 10.3. The highest BCUT2D eigenvalue weighted by molar-refractivity contribution is 5.94. The molecule has 0 saturated heterocycles. The maximum atomic E-state index is 11.8. The van der Waals surface area contributed by atoms with Crippen LogP contribution in [-0.2, 0) is 9.59 Å². The Kier molecular flexibility index (Phi) is 4.50. The first-order valence-corrected chi connectivity index (χ1v) is 5.56. The highest BCUT2D eigenvalue weighted by Gasteiger charge is 2.25. The van der Waals surface area contributed by atoms with Crippen molar-refractivity contribution >= 4 is 17.6 Å². The van der Waals surface area contributed by atoms with Gasteiger partial charge in [0.05, 0.1) is 5.92 Å². The summed E-state index contributed by atoms with van der Waals surface area (Å²) in [6.45, 7) is 3.09. The lowest BCUT2D eigenvalue weighted by Gasteiger charge is -2.15. The maximum Gasteiger partial charge on any atom is 0.307 e. The number of carbonyl (C=O) groups is 2. The van der Waals surface area contributed by atoms with E-state index in [-0.39, 0.29) is 5.91 Å². The molecule has 2 N–H and O–H groups in total. The average molecular weight is 245 g/mol. The van der Waals surface area contributed by atoms with Gasteiger partial charge in [0.15, 0.2) is 0 Å². The van der Waals surface area contributed by atoms with Gasteiger partial charge in [-0.25, -0.2) is 0 Å². The second-order valence-corrected chi connectivity index (χ2v) is 4.13. The van der Waals surface area contributed by atoms with Gasteiger partial charge >= 0.3 is 5.97 Å². The molecule has 0 heterocycles. The highest BCUT2D eigenvalue weighted by atomic mass is 16.4. The van der Waals surface area contributed by atoms with Crippen LogP contribution in [0.4, 0.5) is 5.69 Å². The van der Waals surface area contributed by atoms with Crippen molar-refractivity contribution in [2.45, 2.75) is 13.8 Å². The molecule has 4 nitrogen and oxygen atoms in total. The van der Waals surface area contributed by atoms with E-state index in [9.17, 15) is 9.59 Å². The molecule has 4 heteroatoms. The predicted molar refractivity (Wildman–Crippen MR) is 69.0 cm³/mol. The van der Waals surface area contributed by atoms with E-state index in [1.54, 1.807) is 31.2 Å². The summed E-state index contributed by atoms with van der Waals surface area (Å²) in [5.74, 6) is -0.209. The second-order valence-electron chi connectivity index (χ2n) is 4.13. The topological polar surface area (TPSA) is 66.4 Å². The summed E-state index contributed by atoms with van der Waals surface area (Å²) in [4.78, 5) is 22.6. The van der Waals surface area contributed by atoms with E-state index in [1.165, 1.54) is 6.92 Å². The van der Waals surface area contributed by atoms with E-state index in [4.69, 9.17) is 11.5 Å². The minimum absolute atomic E-state index is 0.334. The Balaban J connectivity index is 2.75. The molecule has 1 rings (SSSR count). The van der Waals surface area contributed by atoms with Crippen molar-refractivity contribution in [3.8, 4) is 12.3 Å². The van der Waals surface area contributed by atoms with Crippen LogP contribution in [0.2, 0.25) is 0 Å². The molecular formula is C14H15NO3. The summed E-state index contributed by atoms with van der Waals surface area (Å²) in [7, 11) is 0. The third-order valence-electron chi connectivity index (χ3n) is 2.85. The molecule has 1 aromatic rings. The van der Waals surface area contributed by atoms with E-state index < -0.39 is 17.8 Å². The molecule has 1 aromatic carbocycles. The molecule has 1 amide bonds. The molecule has 0 radical (unpaired) electrons. The van der Waals surface area contributed by atoms with Crippen molar-refractivity contribution in [1.29, 1.82) is 0 Å². The summed E-state index contributed by atoms with van der Waals surface area (Å²) < 4.78 is 0. The van der Waals surface area contributed by atoms with Gasteiger partial charge in [-0.05, 0) is 18.2 Å². The van der Waals surface area contributed by atoms with Crippen LogP contribution in [0.1, 0.15) is 19.4 Å². The zero-order valence-corrected chi connectivity index (χ0v) is 10.3. The summed E-state index contributed by atoms with van der Waals surface area (Å²) in [5, 5.41) is 11.5. The van der Waals surface area contributed by atoms with Gasteiger partial charge in [0.1, 0.15) is 0 Å². The van der Waals surface area contributed by atoms with Crippen molar-refractivity contribution < 1.29 is 14.7 Å². The SMILES string of the molecule is C#Cc1cccc(NC(=O)C(C)C(C)C(=O)O)c1. The predicted octanol–water partition coefficient (Wildman–Crippen LogP) is 1.96. The number of hydrogen-bond donors (Lipinski definition) is 2. The van der Waals surface area contributed by atoms with E-state index in [0.29, 0.717) is 11.3 Å². The van der Waals surface area contributed by atoms with Crippen LogP contribution in [0.3, 0.4) is 0 Å². The first kappa shape index (κ1) is 13.8. The summed E-state index contributed by atoms with van der Waals surface area (Å²) in [6, 6.07) is 6.85. The molecule has 0 fully saturated rings. The molecule has 0 aromatic heterocycles. The number of benzene rings is 1. The van der Waals surface area contributed by atoms with Crippen molar-refractivity contribution in [3.05, 3.63) is 29.8 Å². The van der Waals surface area contributed by atoms with Crippen molar-refractivity contribution in [1.82, 2.24) is 0 Å². The second kappa shape index (κ2) is 5.87. The molecule has 0 saturated carbocycles. The lowest BCUT2D eigenvalue weighted by molar-refractivity contribution is -0.145. The van der Waals surface area contributed by atoms with Crippen molar-refractivity contribution in [2.24, 2.45) is 11.8 Å². The number of hydrogen-bond acceptors (Lipinski definition) is 2. The smallest absolute Gasteiger partial charge is 0.307 e. The highest BCUT2D eigenvalue weighted by Crippen LogP contribution is 2.16. The molecule has 2 unspecified atom stereocenters. The third-order valence-corrected chi connectivity index (χ3v) is 2.85. The molecule has 0 spiro atoms. The number of anilines is 1. The normalized spacial score (nSPS) is 13.2. The van der Waals surface area contributed by atoms with Gasteiger partial charge in [-0.1, -0.05) is 25.8 Å². The van der Waals surface area contributed by atoms with Gasteiger partial charge in [0.2, 0.25) is 5.91 Å². The van der Waals surface area contributed by atoms with Gasteiger partial charge in [-0.3, -0.25) is 9.59 Å². The third kappa shape index (κ3) is 3.36. The summed E-state index contributed by atoms with van der Waals surface area (Å²) >= 11 is 0. The fraction of sp³-hybridized carbons (Fsp3) is 0.286. The number of carbonyl (C=O) groups excluding carboxylic acids is 1. The van der Waals surface area contributed by atoms with Crippen LogP contribution < -0.4 is 5.32 Å². The number of amides is 1. The standard InChI is InChI=1S/C14H15NO3/c1-4-11-6-5-7-12(8-11)15-13(16)9(2)10(3)14(17)18/h1,5-10H,2-3H3,(H,15,16)(H,17,18). The summed E-state index contributed by atoms with van der Waals surface area (Å²) in [6.07, 6.45) is 5.26. The number of nitrogens with one attached hydrogen (secondary N) is 1. The monoisotopic (exact) mass is 245 g/mol. The maximum absolute atomic E-state index is 11.8. The lowest BCUT2D eigenvalue weighted by atomic mass is 9.95. The lowest BCUT2D eigenvalue weighted by Crippen LogP contribution is -2.29.